The number of rotatable bonds is 3. The van der Waals surface area contributed by atoms with Gasteiger partial charge in [0.2, 0.25) is 0 Å². The molecular formula is C25H20F3N3O4S2. The molecule has 1 aromatic carbocycles. The van der Waals surface area contributed by atoms with E-state index in [-0.39, 0.29) is 33.2 Å². The van der Waals surface area contributed by atoms with Gasteiger partial charge < -0.3 is 14.3 Å². The highest BCUT2D eigenvalue weighted by atomic mass is 32.1. The Hall–Kier alpha value is -3.64. The molecule has 4 heterocycles. The van der Waals surface area contributed by atoms with E-state index in [1.54, 1.807) is 43.0 Å². The summed E-state index contributed by atoms with van der Waals surface area (Å²) in [5.41, 5.74) is -3.29. The molecule has 0 aliphatic heterocycles. The van der Waals surface area contributed by atoms with Crippen molar-refractivity contribution in [3.8, 4) is 11.4 Å². The number of aromatic nitrogens is 3. The van der Waals surface area contributed by atoms with Crippen molar-refractivity contribution in [3.63, 3.8) is 0 Å². The van der Waals surface area contributed by atoms with Crippen LogP contribution in [0.1, 0.15) is 42.4 Å². The van der Waals surface area contributed by atoms with E-state index in [1.165, 1.54) is 45.6 Å². The maximum Gasteiger partial charge on any atom is 0.416 e. The lowest BCUT2D eigenvalue weighted by Crippen LogP contribution is -2.35. The van der Waals surface area contributed by atoms with Gasteiger partial charge in [0.25, 0.3) is 5.56 Å². The number of nitrogens with one attached hydrogen (secondary N) is 1. The van der Waals surface area contributed by atoms with Gasteiger partial charge in [-0.3, -0.25) is 4.79 Å². The van der Waals surface area contributed by atoms with Gasteiger partial charge in [-0.05, 0) is 56.8 Å². The van der Waals surface area contributed by atoms with Crippen molar-refractivity contribution in [2.45, 2.75) is 39.5 Å². The molecule has 12 heteroatoms. The lowest BCUT2D eigenvalue weighted by Gasteiger charge is -2.21. The van der Waals surface area contributed by atoms with Crippen LogP contribution in [-0.4, -0.2) is 25.7 Å². The Morgan fingerprint density at radius 1 is 1.00 bits per heavy atom. The van der Waals surface area contributed by atoms with E-state index in [2.05, 4.69) is 4.98 Å². The molecule has 0 saturated heterocycles. The van der Waals surface area contributed by atoms with Crippen molar-refractivity contribution < 1.29 is 22.7 Å². The molecule has 7 nitrogen and oxygen atoms in total. The zero-order chi connectivity index (χ0) is 26.9. The van der Waals surface area contributed by atoms with E-state index in [9.17, 15) is 27.6 Å². The Kier molecular flexibility index (Phi) is 5.72. The SMILES string of the molecule is Cc1c(C(F)(F)F)ccc2c1c(-n1c(=O)[nH]c3cscc3c1=O)c(C(=O)OC(C)(C)C)n2-c1ccsc1. The quantitative estimate of drug-likeness (QED) is 0.280. The van der Waals surface area contributed by atoms with Gasteiger partial charge in [-0.25, -0.2) is 14.2 Å². The van der Waals surface area contributed by atoms with Crippen LogP contribution >= 0.6 is 22.7 Å². The van der Waals surface area contributed by atoms with E-state index < -0.39 is 34.6 Å². The third-order valence-electron chi connectivity index (χ3n) is 5.79. The number of thiophene rings is 2. The number of hydrogen-bond donors (Lipinski definition) is 1. The highest BCUT2D eigenvalue weighted by Crippen LogP contribution is 2.41. The lowest BCUT2D eigenvalue weighted by molar-refractivity contribution is -0.137. The molecule has 0 saturated carbocycles. The number of carbonyl (C=O) groups excluding carboxylic acids is 1. The molecular weight excluding hydrogens is 527 g/mol. The molecule has 0 amide bonds. The summed E-state index contributed by atoms with van der Waals surface area (Å²) < 4.78 is 49.7. The normalized spacial score (nSPS) is 12.5. The molecule has 5 aromatic rings. The summed E-state index contributed by atoms with van der Waals surface area (Å²) in [4.78, 5) is 43.1. The fraction of sp³-hybridized carbons (Fsp3) is 0.240. The van der Waals surface area contributed by atoms with Crippen molar-refractivity contribution in [2.24, 2.45) is 0 Å². The first-order valence-corrected chi connectivity index (χ1v) is 12.9. The molecule has 0 atom stereocenters. The zero-order valence-electron chi connectivity index (χ0n) is 20.0. The highest BCUT2D eigenvalue weighted by Gasteiger charge is 2.37. The van der Waals surface area contributed by atoms with Crippen LogP contribution in [0.4, 0.5) is 13.2 Å². The number of ether oxygens (including phenoxy) is 1. The Labute approximate surface area is 215 Å². The molecule has 0 unspecified atom stereocenters. The average molecular weight is 548 g/mol. The van der Waals surface area contributed by atoms with Crippen LogP contribution in [0.25, 0.3) is 33.2 Å². The van der Waals surface area contributed by atoms with Gasteiger partial charge in [0, 0.05) is 21.5 Å². The Bertz CT molecular complexity index is 1800. The third-order valence-corrected chi connectivity index (χ3v) is 7.21. The van der Waals surface area contributed by atoms with Crippen LogP contribution in [0.2, 0.25) is 0 Å². The van der Waals surface area contributed by atoms with Crippen molar-refractivity contribution in [3.05, 3.63) is 77.4 Å². The van der Waals surface area contributed by atoms with Crippen LogP contribution < -0.4 is 11.2 Å². The topological polar surface area (TPSA) is 86.1 Å². The van der Waals surface area contributed by atoms with Crippen molar-refractivity contribution in [1.29, 1.82) is 0 Å². The van der Waals surface area contributed by atoms with Gasteiger partial charge in [0.15, 0.2) is 5.69 Å². The summed E-state index contributed by atoms with van der Waals surface area (Å²) in [6.45, 7) is 6.19. The van der Waals surface area contributed by atoms with Gasteiger partial charge in [-0.1, -0.05) is 0 Å². The Morgan fingerprint density at radius 3 is 2.35 bits per heavy atom. The molecule has 0 aliphatic rings. The lowest BCUT2D eigenvalue weighted by atomic mass is 10.0. The number of carbonyl (C=O) groups is 1. The first kappa shape index (κ1) is 25.0. The smallest absolute Gasteiger partial charge is 0.416 e. The van der Waals surface area contributed by atoms with E-state index in [4.69, 9.17) is 4.74 Å². The minimum absolute atomic E-state index is 0.0518. The standard InChI is InChI=1S/C25H20F3N3O4S2/c1-12-15(25(26,27)28)5-6-17-18(12)19(31-21(32)14-10-37-11-16(14)29-23(31)34)20(22(33)35-24(2,3)4)30(17)13-7-8-36-9-13/h5-11H,1-4H3,(H,29,34). The van der Waals surface area contributed by atoms with Crippen molar-refractivity contribution in [1.82, 2.24) is 14.1 Å². The number of aromatic amines is 1. The van der Waals surface area contributed by atoms with Crippen LogP contribution in [0.15, 0.2) is 49.3 Å². The van der Waals surface area contributed by atoms with E-state index in [0.29, 0.717) is 11.2 Å². The van der Waals surface area contributed by atoms with Crippen LogP contribution in [0.5, 0.6) is 0 Å². The maximum absolute atomic E-state index is 14.0. The minimum Gasteiger partial charge on any atom is -0.455 e. The molecule has 192 valence electrons. The van der Waals surface area contributed by atoms with Gasteiger partial charge in [-0.15, -0.1) is 11.3 Å². The summed E-state index contributed by atoms with van der Waals surface area (Å²) in [6.07, 6.45) is -4.71. The number of hydrogen-bond acceptors (Lipinski definition) is 6. The van der Waals surface area contributed by atoms with Gasteiger partial charge >= 0.3 is 17.8 Å². The van der Waals surface area contributed by atoms with Crippen molar-refractivity contribution in [2.75, 3.05) is 0 Å². The first-order chi connectivity index (χ1) is 17.3. The molecule has 0 fully saturated rings. The van der Waals surface area contributed by atoms with E-state index >= 15 is 0 Å². The number of benzene rings is 1. The monoisotopic (exact) mass is 547 g/mol. The summed E-state index contributed by atoms with van der Waals surface area (Å²) >= 11 is 2.50. The second kappa shape index (κ2) is 8.45. The number of H-pyrrole nitrogens is 1. The minimum atomic E-state index is -4.71. The molecule has 37 heavy (non-hydrogen) atoms. The number of alkyl halides is 3. The molecule has 5 rings (SSSR count). The summed E-state index contributed by atoms with van der Waals surface area (Å²) in [5.74, 6) is -0.894. The number of halogens is 3. The number of nitrogens with zero attached hydrogens (tertiary/aromatic N) is 2. The molecule has 0 bridgehead atoms. The maximum atomic E-state index is 14.0. The second-order valence-electron chi connectivity index (χ2n) is 9.42. The molecule has 1 N–H and O–H groups in total. The predicted octanol–water partition coefficient (Wildman–Crippen LogP) is 6.03. The van der Waals surface area contributed by atoms with Gasteiger partial charge in [0.05, 0.1) is 33.4 Å². The summed E-state index contributed by atoms with van der Waals surface area (Å²) in [5, 5.41) is 6.68. The largest absolute Gasteiger partial charge is 0.455 e. The molecule has 0 spiro atoms. The second-order valence-corrected chi connectivity index (χ2v) is 10.9. The average Bonchev–Trinajstić information content (AvgIpc) is 3.50. The fourth-order valence-electron chi connectivity index (χ4n) is 4.37. The van der Waals surface area contributed by atoms with Crippen LogP contribution in [0, 0.1) is 6.92 Å². The summed E-state index contributed by atoms with van der Waals surface area (Å²) in [6, 6.07) is 3.85. The zero-order valence-corrected chi connectivity index (χ0v) is 21.7. The first-order valence-electron chi connectivity index (χ1n) is 11.0. The fourth-order valence-corrected chi connectivity index (χ4v) is 5.74. The number of esters is 1. The third kappa shape index (κ3) is 4.09. The molecule has 4 aromatic heterocycles. The van der Waals surface area contributed by atoms with Crippen molar-refractivity contribution >= 4 is 50.4 Å². The highest BCUT2D eigenvalue weighted by molar-refractivity contribution is 7.09. The number of fused-ring (bicyclic) bond motifs is 2. The van der Waals surface area contributed by atoms with Gasteiger partial charge in [-0.2, -0.15) is 24.5 Å². The van der Waals surface area contributed by atoms with Crippen LogP contribution in [0.3, 0.4) is 0 Å². The van der Waals surface area contributed by atoms with Gasteiger partial charge in [0.1, 0.15) is 5.60 Å². The van der Waals surface area contributed by atoms with E-state index in [0.717, 1.165) is 10.6 Å². The Morgan fingerprint density at radius 2 is 1.73 bits per heavy atom. The summed E-state index contributed by atoms with van der Waals surface area (Å²) in [7, 11) is 0. The molecule has 0 aliphatic carbocycles. The van der Waals surface area contributed by atoms with E-state index in [1.807, 2.05) is 0 Å². The molecule has 0 radical (unpaired) electrons. The van der Waals surface area contributed by atoms with Crippen LogP contribution in [-0.2, 0) is 10.9 Å². The Balaban J connectivity index is 2.05. The predicted molar refractivity (Wildman–Crippen MR) is 138 cm³/mol. The number of aryl methyl sites for hydroxylation is 1.